The van der Waals surface area contributed by atoms with Gasteiger partial charge in [0.05, 0.1) is 12.8 Å². The van der Waals surface area contributed by atoms with E-state index in [4.69, 9.17) is 9.84 Å². The zero-order valence-corrected chi connectivity index (χ0v) is 8.26. The predicted octanol–water partition coefficient (Wildman–Crippen LogP) is -2.68. The molecule has 0 saturated carbocycles. The fourth-order valence-electron chi connectivity index (χ4n) is 1.69. The molecule has 2 heterocycles. The summed E-state index contributed by atoms with van der Waals surface area (Å²) in [4.78, 5) is 0. The van der Waals surface area contributed by atoms with Crippen molar-refractivity contribution < 1.29 is 25.2 Å². The van der Waals surface area contributed by atoms with Crippen LogP contribution < -0.4 is 0 Å². The van der Waals surface area contributed by atoms with Crippen molar-refractivity contribution in [2.24, 2.45) is 0 Å². The SMILES string of the molecule is OC[C@H]1O[C@@H](c2cn[nH]n2)[C@H](O)[C@@H](O)[C@@H]1O. The molecule has 1 aliphatic rings. The molecular formula is C8H13N3O5. The van der Waals surface area contributed by atoms with Crippen LogP contribution in [0.3, 0.4) is 0 Å². The molecule has 5 N–H and O–H groups in total. The second kappa shape index (κ2) is 4.44. The van der Waals surface area contributed by atoms with E-state index in [1.165, 1.54) is 6.20 Å². The average Bonchev–Trinajstić information content (AvgIpc) is 2.80. The summed E-state index contributed by atoms with van der Waals surface area (Å²) in [5, 5.41) is 47.3. The van der Waals surface area contributed by atoms with E-state index in [0.29, 0.717) is 5.69 Å². The van der Waals surface area contributed by atoms with Gasteiger partial charge in [-0.15, -0.1) is 0 Å². The van der Waals surface area contributed by atoms with Gasteiger partial charge < -0.3 is 25.2 Å². The summed E-state index contributed by atoms with van der Waals surface area (Å²) in [6, 6.07) is 0. The summed E-state index contributed by atoms with van der Waals surface area (Å²) in [6.07, 6.45) is -4.58. The minimum atomic E-state index is -1.40. The molecule has 0 aliphatic carbocycles. The monoisotopic (exact) mass is 231 g/mol. The lowest BCUT2D eigenvalue weighted by Gasteiger charge is -2.39. The molecule has 1 aromatic rings. The molecule has 8 heteroatoms. The number of aromatic nitrogens is 3. The second-order valence-corrected chi connectivity index (χ2v) is 3.64. The number of aliphatic hydroxyl groups is 4. The third kappa shape index (κ3) is 1.81. The molecule has 1 fully saturated rings. The van der Waals surface area contributed by atoms with Crippen molar-refractivity contribution in [3.8, 4) is 0 Å². The highest BCUT2D eigenvalue weighted by molar-refractivity contribution is 5.05. The Morgan fingerprint density at radius 3 is 2.56 bits per heavy atom. The van der Waals surface area contributed by atoms with E-state index in [1.54, 1.807) is 0 Å². The van der Waals surface area contributed by atoms with Crippen LogP contribution in [0.25, 0.3) is 0 Å². The van der Waals surface area contributed by atoms with E-state index in [1.807, 2.05) is 0 Å². The van der Waals surface area contributed by atoms with Crippen LogP contribution in [0.4, 0.5) is 0 Å². The van der Waals surface area contributed by atoms with Crippen molar-refractivity contribution >= 4 is 0 Å². The quantitative estimate of drug-likeness (QED) is 0.374. The first-order chi connectivity index (χ1) is 7.65. The average molecular weight is 231 g/mol. The molecule has 1 aliphatic heterocycles. The van der Waals surface area contributed by atoms with Crippen molar-refractivity contribution in [2.75, 3.05) is 6.61 Å². The van der Waals surface area contributed by atoms with Crippen LogP contribution in [0.5, 0.6) is 0 Å². The number of hydrogen-bond acceptors (Lipinski definition) is 7. The lowest BCUT2D eigenvalue weighted by molar-refractivity contribution is -0.232. The van der Waals surface area contributed by atoms with E-state index in [-0.39, 0.29) is 0 Å². The van der Waals surface area contributed by atoms with Gasteiger partial charge in [-0.3, -0.25) is 0 Å². The van der Waals surface area contributed by atoms with Gasteiger partial charge in [0.2, 0.25) is 0 Å². The Hall–Kier alpha value is -1.06. The minimum Gasteiger partial charge on any atom is -0.394 e. The van der Waals surface area contributed by atoms with Crippen molar-refractivity contribution in [1.29, 1.82) is 0 Å². The number of aromatic amines is 1. The van der Waals surface area contributed by atoms with Gasteiger partial charge in [0.25, 0.3) is 0 Å². The first kappa shape index (κ1) is 11.4. The molecule has 0 aromatic carbocycles. The van der Waals surface area contributed by atoms with Gasteiger partial charge in [-0.25, -0.2) is 0 Å². The molecule has 0 radical (unpaired) electrons. The summed E-state index contributed by atoms with van der Waals surface area (Å²) in [6.45, 7) is -0.459. The van der Waals surface area contributed by atoms with Crippen LogP contribution in [0, 0.1) is 0 Å². The van der Waals surface area contributed by atoms with Crippen LogP contribution in [-0.4, -0.2) is 66.9 Å². The summed E-state index contributed by atoms with van der Waals surface area (Å²) in [5.74, 6) is 0. The number of nitrogens with one attached hydrogen (secondary N) is 1. The Balaban J connectivity index is 2.20. The number of hydrogen-bond donors (Lipinski definition) is 5. The van der Waals surface area contributed by atoms with E-state index in [9.17, 15) is 15.3 Å². The summed E-state index contributed by atoms with van der Waals surface area (Å²) in [5.41, 5.74) is 0.303. The molecule has 8 nitrogen and oxygen atoms in total. The Morgan fingerprint density at radius 2 is 2.00 bits per heavy atom. The van der Waals surface area contributed by atoms with E-state index >= 15 is 0 Å². The summed E-state index contributed by atoms with van der Waals surface area (Å²) < 4.78 is 5.24. The third-order valence-electron chi connectivity index (χ3n) is 2.62. The molecule has 1 saturated heterocycles. The molecule has 0 unspecified atom stereocenters. The van der Waals surface area contributed by atoms with E-state index in [2.05, 4.69) is 15.4 Å². The van der Waals surface area contributed by atoms with E-state index < -0.39 is 37.1 Å². The Morgan fingerprint density at radius 1 is 1.25 bits per heavy atom. The third-order valence-corrected chi connectivity index (χ3v) is 2.62. The molecule has 0 bridgehead atoms. The lowest BCUT2D eigenvalue weighted by atomic mass is 9.94. The summed E-state index contributed by atoms with van der Waals surface area (Å²) >= 11 is 0. The molecule has 1 aromatic heterocycles. The van der Waals surface area contributed by atoms with Crippen LogP contribution >= 0.6 is 0 Å². The number of H-pyrrole nitrogens is 1. The molecule has 0 spiro atoms. The van der Waals surface area contributed by atoms with Gasteiger partial charge in [0.1, 0.15) is 36.2 Å². The lowest BCUT2D eigenvalue weighted by Crippen LogP contribution is -2.55. The van der Waals surface area contributed by atoms with Gasteiger partial charge in [0, 0.05) is 0 Å². The highest BCUT2D eigenvalue weighted by Crippen LogP contribution is 2.30. The largest absolute Gasteiger partial charge is 0.394 e. The standard InChI is InChI=1S/C8H13N3O5/c12-2-4-5(13)6(14)7(15)8(16-4)3-1-9-11-10-3/h1,4-8,12-15H,2H2,(H,9,10,11)/t4-,5-,6+,7-,8+/m1/s1. The molecule has 5 atom stereocenters. The molecule has 16 heavy (non-hydrogen) atoms. The number of ether oxygens (including phenoxy) is 1. The van der Waals surface area contributed by atoms with E-state index in [0.717, 1.165) is 0 Å². The van der Waals surface area contributed by atoms with Crippen LogP contribution in [-0.2, 0) is 4.74 Å². The zero-order chi connectivity index (χ0) is 11.7. The molecule has 90 valence electrons. The highest BCUT2D eigenvalue weighted by atomic mass is 16.5. The van der Waals surface area contributed by atoms with Gasteiger partial charge >= 0.3 is 0 Å². The van der Waals surface area contributed by atoms with Crippen LogP contribution in [0.2, 0.25) is 0 Å². The Bertz CT molecular complexity index is 330. The van der Waals surface area contributed by atoms with Gasteiger partial charge in [-0.1, -0.05) is 0 Å². The maximum atomic E-state index is 9.69. The first-order valence-corrected chi connectivity index (χ1v) is 4.81. The first-order valence-electron chi connectivity index (χ1n) is 4.81. The van der Waals surface area contributed by atoms with Crippen LogP contribution in [0.1, 0.15) is 11.8 Å². The van der Waals surface area contributed by atoms with Crippen molar-refractivity contribution in [3.05, 3.63) is 11.9 Å². The summed E-state index contributed by atoms with van der Waals surface area (Å²) in [7, 11) is 0. The minimum absolute atomic E-state index is 0.303. The van der Waals surface area contributed by atoms with Crippen molar-refractivity contribution in [3.63, 3.8) is 0 Å². The molecule has 0 amide bonds. The number of rotatable bonds is 2. The number of aliphatic hydroxyl groups excluding tert-OH is 4. The Kier molecular flexibility index (Phi) is 3.17. The fourth-order valence-corrected chi connectivity index (χ4v) is 1.69. The van der Waals surface area contributed by atoms with Crippen LogP contribution in [0.15, 0.2) is 6.20 Å². The molecular weight excluding hydrogens is 218 g/mol. The molecule has 2 rings (SSSR count). The van der Waals surface area contributed by atoms with Gasteiger partial charge in [-0.2, -0.15) is 15.4 Å². The smallest absolute Gasteiger partial charge is 0.132 e. The maximum Gasteiger partial charge on any atom is 0.132 e. The second-order valence-electron chi connectivity index (χ2n) is 3.64. The van der Waals surface area contributed by atoms with Gasteiger partial charge in [0.15, 0.2) is 0 Å². The Labute approximate surface area is 90.5 Å². The van der Waals surface area contributed by atoms with Crippen molar-refractivity contribution in [1.82, 2.24) is 15.4 Å². The normalized spacial score (nSPS) is 39.9. The van der Waals surface area contributed by atoms with Crippen molar-refractivity contribution in [2.45, 2.75) is 30.5 Å². The topological polar surface area (TPSA) is 132 Å². The zero-order valence-electron chi connectivity index (χ0n) is 8.26. The maximum absolute atomic E-state index is 9.69. The predicted molar refractivity (Wildman–Crippen MR) is 49.1 cm³/mol. The van der Waals surface area contributed by atoms with Gasteiger partial charge in [-0.05, 0) is 0 Å². The number of nitrogens with zero attached hydrogens (tertiary/aromatic N) is 2. The fraction of sp³-hybridized carbons (Fsp3) is 0.750. The highest BCUT2D eigenvalue weighted by Gasteiger charge is 2.44.